The smallest absolute Gasteiger partial charge is 0.191 e. The van der Waals surface area contributed by atoms with Crippen LogP contribution < -0.4 is 10.6 Å². The molecule has 1 aromatic carbocycles. The van der Waals surface area contributed by atoms with E-state index < -0.39 is 0 Å². The largest absolute Gasteiger partial charge is 0.356 e. The first kappa shape index (κ1) is 23.5. The molecule has 1 aromatic rings. The third-order valence-electron chi connectivity index (χ3n) is 4.47. The van der Waals surface area contributed by atoms with Crippen LogP contribution in [0.5, 0.6) is 0 Å². The summed E-state index contributed by atoms with van der Waals surface area (Å²) in [5.74, 6) is 1.50. The lowest BCUT2D eigenvalue weighted by Gasteiger charge is -2.33. The van der Waals surface area contributed by atoms with E-state index in [0.717, 1.165) is 44.2 Å². The van der Waals surface area contributed by atoms with Crippen LogP contribution in [-0.2, 0) is 0 Å². The Morgan fingerprint density at radius 3 is 2.69 bits per heavy atom. The number of nitrogens with zero attached hydrogens (tertiary/aromatic N) is 2. The van der Waals surface area contributed by atoms with Crippen molar-refractivity contribution in [2.75, 3.05) is 39.0 Å². The van der Waals surface area contributed by atoms with Gasteiger partial charge in [-0.05, 0) is 37.9 Å². The SMILES string of the molecule is CCCCN1CCC(NC(=NC)NCCSc2ccccc2F)CC1.I. The molecule has 2 N–H and O–H groups in total. The standard InChI is InChI=1S/C19H31FN4S.HI/c1-3-4-12-24-13-9-16(10-14-24)23-19(21-2)22-11-15-25-18-8-6-5-7-17(18)20;/h5-8,16H,3-4,9-15H2,1-2H3,(H2,21,22,23);1H. The summed E-state index contributed by atoms with van der Waals surface area (Å²) < 4.78 is 13.6. The molecule has 0 aromatic heterocycles. The average molecular weight is 494 g/mol. The molecule has 0 spiro atoms. The van der Waals surface area contributed by atoms with E-state index in [0.29, 0.717) is 10.9 Å². The maximum absolute atomic E-state index is 13.6. The second-order valence-corrected chi connectivity index (χ2v) is 7.53. The number of benzene rings is 1. The van der Waals surface area contributed by atoms with Gasteiger partial charge < -0.3 is 15.5 Å². The summed E-state index contributed by atoms with van der Waals surface area (Å²) in [7, 11) is 1.80. The van der Waals surface area contributed by atoms with Crippen molar-refractivity contribution in [3.63, 3.8) is 0 Å². The summed E-state index contributed by atoms with van der Waals surface area (Å²) in [5, 5.41) is 6.86. The van der Waals surface area contributed by atoms with Crippen LogP contribution >= 0.6 is 35.7 Å². The third kappa shape index (κ3) is 8.43. The summed E-state index contributed by atoms with van der Waals surface area (Å²) >= 11 is 1.53. The molecule has 0 atom stereocenters. The van der Waals surface area contributed by atoms with Crippen molar-refractivity contribution in [3.8, 4) is 0 Å². The number of unbranched alkanes of at least 4 members (excludes halogenated alkanes) is 1. The summed E-state index contributed by atoms with van der Waals surface area (Å²) in [4.78, 5) is 7.57. The predicted octanol–water partition coefficient (Wildman–Crippen LogP) is 3.97. The van der Waals surface area contributed by atoms with Crippen LogP contribution in [0.3, 0.4) is 0 Å². The summed E-state index contributed by atoms with van der Waals surface area (Å²) in [6.45, 7) is 6.56. The number of likely N-dealkylation sites (tertiary alicyclic amines) is 1. The minimum atomic E-state index is -0.148. The van der Waals surface area contributed by atoms with Gasteiger partial charge in [0.15, 0.2) is 5.96 Å². The highest BCUT2D eigenvalue weighted by Crippen LogP contribution is 2.20. The molecular formula is C19H32FIN4S. The summed E-state index contributed by atoms with van der Waals surface area (Å²) in [5.41, 5.74) is 0. The van der Waals surface area contributed by atoms with Crippen molar-refractivity contribution >= 4 is 41.7 Å². The zero-order valence-corrected chi connectivity index (χ0v) is 19.0. The molecule has 0 aliphatic carbocycles. The van der Waals surface area contributed by atoms with Crippen molar-refractivity contribution in [1.82, 2.24) is 15.5 Å². The number of aliphatic imine (C=N–C) groups is 1. The number of hydrogen-bond acceptors (Lipinski definition) is 3. The van der Waals surface area contributed by atoms with E-state index in [1.807, 2.05) is 12.1 Å². The molecule has 0 bridgehead atoms. The van der Waals surface area contributed by atoms with E-state index in [1.54, 1.807) is 13.1 Å². The zero-order valence-electron chi connectivity index (χ0n) is 15.8. The molecule has 1 fully saturated rings. The molecule has 0 saturated carbocycles. The first-order valence-electron chi connectivity index (χ1n) is 9.29. The fraction of sp³-hybridized carbons (Fsp3) is 0.632. The molecule has 0 amide bonds. The normalized spacial score (nSPS) is 16.2. The van der Waals surface area contributed by atoms with Gasteiger partial charge in [-0.15, -0.1) is 35.7 Å². The Balaban J connectivity index is 0.00000338. The fourth-order valence-electron chi connectivity index (χ4n) is 2.96. The van der Waals surface area contributed by atoms with Crippen molar-refractivity contribution in [1.29, 1.82) is 0 Å². The van der Waals surface area contributed by atoms with E-state index in [-0.39, 0.29) is 29.8 Å². The van der Waals surface area contributed by atoms with Crippen LogP contribution in [0, 0.1) is 5.82 Å². The highest BCUT2D eigenvalue weighted by Gasteiger charge is 2.19. The van der Waals surface area contributed by atoms with Gasteiger partial charge in [-0.25, -0.2) is 4.39 Å². The van der Waals surface area contributed by atoms with Crippen LogP contribution in [0.25, 0.3) is 0 Å². The molecule has 7 heteroatoms. The molecule has 1 aliphatic heterocycles. The first-order valence-corrected chi connectivity index (χ1v) is 10.3. The molecule has 1 heterocycles. The van der Waals surface area contributed by atoms with Gasteiger partial charge >= 0.3 is 0 Å². The fourth-order valence-corrected chi connectivity index (χ4v) is 3.77. The Labute approximate surface area is 178 Å². The minimum absolute atomic E-state index is 0. The zero-order chi connectivity index (χ0) is 17.9. The van der Waals surface area contributed by atoms with E-state index in [1.165, 1.54) is 37.2 Å². The Hall–Kier alpha value is -0.540. The van der Waals surface area contributed by atoms with Gasteiger partial charge in [0.25, 0.3) is 0 Å². The van der Waals surface area contributed by atoms with Crippen LogP contribution in [0.1, 0.15) is 32.6 Å². The Morgan fingerprint density at radius 2 is 2.04 bits per heavy atom. The van der Waals surface area contributed by atoms with Gasteiger partial charge in [-0.1, -0.05) is 25.5 Å². The number of halogens is 2. The number of nitrogens with one attached hydrogen (secondary N) is 2. The second kappa shape index (κ2) is 13.6. The number of thioether (sulfide) groups is 1. The van der Waals surface area contributed by atoms with Crippen LogP contribution in [-0.4, -0.2) is 55.9 Å². The van der Waals surface area contributed by atoms with Gasteiger partial charge in [0.05, 0.1) is 0 Å². The molecule has 0 radical (unpaired) electrons. The monoisotopic (exact) mass is 494 g/mol. The van der Waals surface area contributed by atoms with E-state index in [9.17, 15) is 4.39 Å². The maximum atomic E-state index is 13.6. The quantitative estimate of drug-likeness (QED) is 0.189. The molecule has 0 unspecified atom stereocenters. The van der Waals surface area contributed by atoms with Gasteiger partial charge in [-0.3, -0.25) is 4.99 Å². The number of hydrogen-bond donors (Lipinski definition) is 2. The maximum Gasteiger partial charge on any atom is 0.191 e. The van der Waals surface area contributed by atoms with Gasteiger partial charge in [-0.2, -0.15) is 0 Å². The molecule has 26 heavy (non-hydrogen) atoms. The molecule has 1 aliphatic rings. The van der Waals surface area contributed by atoms with Crippen molar-refractivity contribution < 1.29 is 4.39 Å². The Bertz CT molecular complexity index is 536. The lowest BCUT2D eigenvalue weighted by atomic mass is 10.0. The molecule has 1 saturated heterocycles. The van der Waals surface area contributed by atoms with Crippen LogP contribution in [0.4, 0.5) is 4.39 Å². The Kier molecular flexibility index (Phi) is 12.3. The van der Waals surface area contributed by atoms with Gasteiger partial charge in [0.2, 0.25) is 0 Å². The van der Waals surface area contributed by atoms with Crippen molar-refractivity contribution in [2.24, 2.45) is 4.99 Å². The predicted molar refractivity (Wildman–Crippen MR) is 121 cm³/mol. The van der Waals surface area contributed by atoms with E-state index in [4.69, 9.17) is 0 Å². The summed E-state index contributed by atoms with van der Waals surface area (Å²) in [6, 6.07) is 7.40. The number of rotatable bonds is 8. The topological polar surface area (TPSA) is 39.7 Å². The second-order valence-electron chi connectivity index (χ2n) is 6.39. The van der Waals surface area contributed by atoms with E-state index >= 15 is 0 Å². The van der Waals surface area contributed by atoms with Crippen LogP contribution in [0.15, 0.2) is 34.2 Å². The van der Waals surface area contributed by atoms with Crippen molar-refractivity contribution in [2.45, 2.75) is 43.5 Å². The van der Waals surface area contributed by atoms with E-state index in [2.05, 4.69) is 27.4 Å². The highest BCUT2D eigenvalue weighted by molar-refractivity contribution is 14.0. The van der Waals surface area contributed by atoms with Gasteiger partial charge in [0.1, 0.15) is 5.82 Å². The highest BCUT2D eigenvalue weighted by atomic mass is 127. The average Bonchev–Trinajstić information content (AvgIpc) is 2.65. The third-order valence-corrected chi connectivity index (χ3v) is 5.52. The number of guanidine groups is 1. The molecule has 2 rings (SSSR count). The molecular weight excluding hydrogens is 462 g/mol. The lowest BCUT2D eigenvalue weighted by molar-refractivity contribution is 0.203. The minimum Gasteiger partial charge on any atom is -0.356 e. The molecule has 148 valence electrons. The Morgan fingerprint density at radius 1 is 1.31 bits per heavy atom. The van der Waals surface area contributed by atoms with Crippen molar-refractivity contribution in [3.05, 3.63) is 30.1 Å². The first-order chi connectivity index (χ1) is 12.2. The number of piperidine rings is 1. The summed E-state index contributed by atoms with van der Waals surface area (Å²) in [6.07, 6.45) is 4.88. The van der Waals surface area contributed by atoms with Crippen LogP contribution in [0.2, 0.25) is 0 Å². The van der Waals surface area contributed by atoms with Gasteiger partial charge in [0, 0.05) is 43.4 Å². The lowest BCUT2D eigenvalue weighted by Crippen LogP contribution is -2.49. The molecule has 4 nitrogen and oxygen atoms in total.